The maximum atomic E-state index is 12.0. The number of nitrogens with zero attached hydrogens (tertiary/aromatic N) is 4. The summed E-state index contributed by atoms with van der Waals surface area (Å²) in [4.78, 5) is 104. The molecule has 0 aliphatic heterocycles. The van der Waals surface area contributed by atoms with Crippen LogP contribution in [-0.2, 0) is 162 Å². The van der Waals surface area contributed by atoms with Crippen molar-refractivity contribution in [3.63, 3.8) is 0 Å². The van der Waals surface area contributed by atoms with Crippen LogP contribution in [0.2, 0.25) is 0 Å². The number of benzene rings is 5. The van der Waals surface area contributed by atoms with Gasteiger partial charge in [0.1, 0.15) is 0 Å². The van der Waals surface area contributed by atoms with Crippen LogP contribution in [-0.4, -0.2) is 189 Å². The Labute approximate surface area is 796 Å². The van der Waals surface area contributed by atoms with E-state index in [0.717, 1.165) is 52.8 Å². The number of hydrogen-bond donors (Lipinski definition) is 12. The zero-order valence-electron chi connectivity index (χ0n) is 67.3. The van der Waals surface area contributed by atoms with Crippen molar-refractivity contribution in [3.05, 3.63) is 179 Å². The normalized spacial score (nSPS) is 9.94. The molecular weight excluding hydrogens is 2060 g/mol. The number of amides is 6. The smallest absolute Gasteiger partial charge is 0.335 e. The van der Waals surface area contributed by atoms with Gasteiger partial charge in [-0.05, 0) is 202 Å². The highest BCUT2D eigenvalue weighted by atomic mass is 127. The van der Waals surface area contributed by atoms with Crippen molar-refractivity contribution >= 4 is 261 Å². The van der Waals surface area contributed by atoms with Gasteiger partial charge in [0.2, 0.25) is 11.8 Å². The van der Waals surface area contributed by atoms with Gasteiger partial charge in [0.15, 0.2) is 0 Å². The van der Waals surface area contributed by atoms with Gasteiger partial charge in [-0.15, -0.1) is 12.3 Å². The van der Waals surface area contributed by atoms with Crippen LogP contribution >= 0.6 is 58.7 Å². The molecule has 120 heavy (non-hydrogen) atoms. The summed E-state index contributed by atoms with van der Waals surface area (Å²) in [5.74, 6) is 11.1. The lowest BCUT2D eigenvalue weighted by atomic mass is 10.1. The largest absolute Gasteiger partial charge is 0.481 e. The molecule has 662 valence electrons. The number of allylic oxidation sites excluding steroid dienone is 1. The highest BCUT2D eigenvalue weighted by molar-refractivity contribution is 14.1. The molecule has 0 aliphatic carbocycles. The van der Waals surface area contributed by atoms with Crippen molar-refractivity contribution in [2.75, 3.05) is 61.2 Å². The molecule has 42 heteroatoms. The first-order chi connectivity index (χ1) is 56.6. The summed E-state index contributed by atoms with van der Waals surface area (Å²) in [5.41, 5.74) is 4.92. The van der Waals surface area contributed by atoms with E-state index in [1.165, 1.54) is 44.4 Å². The van der Waals surface area contributed by atoms with E-state index < -0.39 is 17.9 Å². The van der Waals surface area contributed by atoms with E-state index in [9.17, 15) is 43.2 Å². The zero-order chi connectivity index (χ0) is 92.3. The molecule has 4 atom stereocenters. The third-order valence-electron chi connectivity index (χ3n) is 13.1. The lowest BCUT2D eigenvalue weighted by Crippen LogP contribution is -2.34. The highest BCUT2D eigenvalue weighted by Crippen LogP contribution is 2.13. The minimum Gasteiger partial charge on any atom is -0.481 e. The number of rotatable bonds is 28. The van der Waals surface area contributed by atoms with Crippen LogP contribution in [0.5, 0.6) is 0 Å². The van der Waals surface area contributed by atoms with Crippen molar-refractivity contribution in [1.82, 2.24) is 31.1 Å². The summed E-state index contributed by atoms with van der Waals surface area (Å²) >= 11 is 37.4. The number of hydrogen-bond acceptors (Lipinski definition) is 24. The average Bonchev–Trinajstić information content (AvgIpc) is 0.898. The number of aliphatic hydroxyl groups is 5. The zero-order valence-corrected chi connectivity index (χ0v) is 84.1. The number of aliphatic carboxylic acids is 2. The molecule has 0 saturated heterocycles. The topological polar surface area (TPSA) is 418 Å². The van der Waals surface area contributed by atoms with Crippen LogP contribution in [0.1, 0.15) is 187 Å². The first kappa shape index (κ1) is 129. The Hall–Kier alpha value is -6.14. The van der Waals surface area contributed by atoms with Crippen molar-refractivity contribution in [1.29, 1.82) is 10.8 Å². The second-order valence-electron chi connectivity index (χ2n) is 23.5. The van der Waals surface area contributed by atoms with Gasteiger partial charge >= 0.3 is 17.9 Å². The predicted octanol–water partition coefficient (Wildman–Crippen LogP) is 9.64. The number of carboxylic acids is 3. The van der Waals surface area contributed by atoms with Gasteiger partial charge in [-0.2, -0.15) is 13.5 Å². The van der Waals surface area contributed by atoms with Crippen molar-refractivity contribution < 1.29 is 84.0 Å². The molecule has 0 bridgehead atoms. The molecule has 4 unspecified atom stereocenters. The quantitative estimate of drug-likeness (QED) is 0.00959. The number of terminal acetylenes is 1. The third kappa shape index (κ3) is 82.8. The maximum absolute atomic E-state index is 12.0. The third-order valence-corrected chi connectivity index (χ3v) is 21.1. The number of carboxylic acid groups (broad SMARTS) is 3. The summed E-state index contributed by atoms with van der Waals surface area (Å²) < 4.78 is 1.96. The lowest BCUT2D eigenvalue weighted by Gasteiger charge is -2.10. The minimum atomic E-state index is -0.876. The van der Waals surface area contributed by atoms with Crippen LogP contribution in [0, 0.1) is 54.0 Å². The van der Waals surface area contributed by atoms with Crippen LogP contribution in [0.25, 0.3) is 6.08 Å². The monoisotopic (exact) mass is 2160 g/mol. The summed E-state index contributed by atoms with van der Waals surface area (Å²) in [5, 5.41) is 91.3. The fourth-order valence-electron chi connectivity index (χ4n) is 7.30. The first-order valence-corrected chi connectivity index (χ1v) is 50.5. The number of aromatic carboxylic acids is 1. The predicted molar refractivity (Wildman–Crippen MR) is 535 cm³/mol. The van der Waals surface area contributed by atoms with Crippen LogP contribution in [0.15, 0.2) is 127 Å². The molecule has 0 spiro atoms. The number of carbonyl (C=O) groups is 9. The molecule has 0 aromatic heterocycles. The molecule has 25 nitrogen and oxygen atoms in total. The Kier molecular flexibility index (Phi) is 99.3. The Morgan fingerprint density at radius 2 is 0.792 bits per heavy atom. The van der Waals surface area contributed by atoms with Gasteiger partial charge in [-0.1, -0.05) is 79.2 Å². The Balaban J connectivity index is -0.000000204. The van der Waals surface area contributed by atoms with E-state index in [1.54, 1.807) is 151 Å². The molecule has 12 N–H and O–H groups in total. The van der Waals surface area contributed by atoms with E-state index in [2.05, 4.69) is 186 Å². The molecule has 5 aromatic carbocycles. The van der Waals surface area contributed by atoms with E-state index >= 15 is 0 Å². The average molecular weight is 2160 g/mol. The molecule has 0 fully saturated rings. The highest BCUT2D eigenvalue weighted by Gasteiger charge is 2.13. The summed E-state index contributed by atoms with van der Waals surface area (Å²) in [6.45, 7) is 8.85. The molecule has 0 heterocycles. The Morgan fingerprint density at radius 1 is 0.483 bits per heavy atom. The first-order valence-electron chi connectivity index (χ1n) is 35.0. The fourth-order valence-corrected chi connectivity index (χ4v) is 11.1. The minimum absolute atomic E-state index is 0. The van der Waals surface area contributed by atoms with Gasteiger partial charge in [-0.25, -0.2) is 4.79 Å². The van der Waals surface area contributed by atoms with Crippen LogP contribution in [0.3, 0.4) is 0 Å². The van der Waals surface area contributed by atoms with E-state index in [1.807, 2.05) is 55.5 Å². The van der Waals surface area contributed by atoms with Crippen molar-refractivity contribution in [2.24, 2.45) is 0 Å². The van der Waals surface area contributed by atoms with Crippen molar-refractivity contribution in [3.8, 4) is 36.0 Å². The molecule has 5 aromatic rings. The molecule has 0 aliphatic rings. The van der Waals surface area contributed by atoms with Crippen LogP contribution in [0.4, 0.5) is 0 Å². The lowest BCUT2D eigenvalue weighted by molar-refractivity contribution is -0.138. The SMILES string of the molecule is C#CCCCC(=O)O.CC(CO)NC(=O)c1cccc(/C=C\CCCC(=O)N(C)C)c1.CC(CO)NC(=O)c1cccc(C#CCCCC(=O)N(C)C)c1.CC(CO)NC(=O)c1cccc(C#CCCCC(=O)O)c1.CC(CO)NC(=O)c1cccc(I)c1.CCCO.N#N.O=C(O)c1cccc(I)c1.S.S=S.S=S=S.S=S=S=S.S=S=S=S=S. The second-order valence-corrected chi connectivity index (χ2v) is 36.6. The van der Waals surface area contributed by atoms with Crippen LogP contribution < -0.4 is 21.3 Å². The number of halogens is 2. The van der Waals surface area contributed by atoms with Gasteiger partial charge in [0.05, 0.1) is 32.0 Å². The molecule has 5 rings (SSSR count). The standard InChI is InChI=1S/C18H26N2O3.C18H24N2O3.C16H19NO4.C10H12INO2.C7H5IO2.C6H8O2.C3H8O.N2.S5.S4.S3.S2.H2S/c2*1-14(13-21)19-18(23)16-10-7-9-15(12-16)8-5-4-6-11-17(22)20(2)3;1-12(11-18)17-16(21)14-8-5-7-13(10-14)6-3-2-4-9-15(19)20;1-7(6-13)12-10(14)8-3-2-4-9(11)5-8;8-6-3-1-2-5(4-6)7(9)10;1-2-3-4-5-6(7)8;1-2-3-4;1-2;1-3-5-4-2;1-3-4-2;1-3-2;1-2;/h5,7-10,12,14,21H,4,6,11,13H2,1-3H3,(H,19,23);7,9-10,12,14,21H,4,6,11,13H2,1-3H3,(H,19,23);5,7-8,10,12,18H,2,4,9,11H2,1H3,(H,17,21)(H,19,20);2-5,7,13H,6H2,1H3,(H,12,14);1-4H,(H,9,10);1H,3-5H2,(H,7,8);4H,2-3H2,1H3;;;;;;1H2/b8-5-;;;;;;;;;;;;. The van der Waals surface area contributed by atoms with E-state index in [-0.39, 0.29) is 112 Å². The number of unbranched alkanes of at least 4 members (excludes halogenated alkanes) is 4. The summed E-state index contributed by atoms with van der Waals surface area (Å²) in [6.07, 6.45) is 16.2. The Morgan fingerprint density at radius 3 is 1.08 bits per heavy atom. The molecular formula is C78H104I2N8O17S15. The molecule has 0 saturated carbocycles. The molecule has 6 amide bonds. The van der Waals surface area contributed by atoms with E-state index in [4.69, 9.17) is 58.1 Å². The maximum Gasteiger partial charge on any atom is 0.335 e. The van der Waals surface area contributed by atoms with Gasteiger partial charge in [0, 0.05) is 298 Å². The van der Waals surface area contributed by atoms with E-state index in [0.29, 0.717) is 84.9 Å². The Bertz CT molecular complexity index is 4280. The fraction of sp³-hybridized carbons (Fsp3) is 0.397. The molecule has 0 radical (unpaired) electrons. The number of nitrogens with one attached hydrogen (secondary N) is 4. The van der Waals surface area contributed by atoms with Crippen molar-refractivity contribution in [2.45, 2.75) is 142 Å². The number of carbonyl (C=O) groups excluding carboxylic acids is 6. The second kappa shape index (κ2) is 92.1. The summed E-state index contributed by atoms with van der Waals surface area (Å²) in [6, 6.07) is 34.2. The van der Waals surface area contributed by atoms with Gasteiger partial charge in [-0.3, -0.25) is 38.4 Å². The van der Waals surface area contributed by atoms with Gasteiger partial charge in [0.25, 0.3) is 23.6 Å². The number of aliphatic hydroxyl groups excluding tert-OH is 5. The van der Waals surface area contributed by atoms with Gasteiger partial charge < -0.3 is 71.9 Å². The summed E-state index contributed by atoms with van der Waals surface area (Å²) in [7, 11) is 14.2.